The van der Waals surface area contributed by atoms with Gasteiger partial charge in [-0.15, -0.1) is 0 Å². The molecule has 96 valence electrons. The quantitative estimate of drug-likeness (QED) is 0.477. The van der Waals surface area contributed by atoms with Gasteiger partial charge in [0.15, 0.2) is 0 Å². The highest BCUT2D eigenvalue weighted by atomic mass is 16.4. The number of hydrogen-bond donors (Lipinski definition) is 2. The lowest BCUT2D eigenvalue weighted by atomic mass is 10.1. The Balaban J connectivity index is 0.00000162. The standard InChI is InChI=1S/C12H14N4O.H2O/c1-7-6-13-5-4-10(7)12-14-8(2)11(15-12)9(3)16-17;/h4-6,17H,1-3H3,(H,14,15);1H2. The van der Waals surface area contributed by atoms with Gasteiger partial charge in [-0.05, 0) is 32.4 Å². The fraction of sp³-hybridized carbons (Fsp3) is 0.250. The number of nitrogens with one attached hydrogen (secondary N) is 1. The minimum Gasteiger partial charge on any atom is -0.412 e. The van der Waals surface area contributed by atoms with Crippen LogP contribution in [0.25, 0.3) is 11.4 Å². The summed E-state index contributed by atoms with van der Waals surface area (Å²) >= 11 is 0. The number of oxime groups is 1. The molecule has 0 aliphatic heterocycles. The van der Waals surface area contributed by atoms with Crippen LogP contribution in [0.3, 0.4) is 0 Å². The summed E-state index contributed by atoms with van der Waals surface area (Å²) in [5.74, 6) is 0.764. The number of aromatic amines is 1. The molecule has 0 aliphatic carbocycles. The molecule has 0 amide bonds. The van der Waals surface area contributed by atoms with E-state index >= 15 is 0 Å². The van der Waals surface area contributed by atoms with Crippen LogP contribution < -0.4 is 0 Å². The van der Waals surface area contributed by atoms with Crippen molar-refractivity contribution >= 4 is 5.71 Å². The molecule has 0 atom stereocenters. The minimum atomic E-state index is 0. The molecule has 0 radical (unpaired) electrons. The third-order valence-electron chi connectivity index (χ3n) is 2.65. The second-order valence-corrected chi connectivity index (χ2v) is 3.94. The highest BCUT2D eigenvalue weighted by Crippen LogP contribution is 2.21. The predicted octanol–water partition coefficient (Wildman–Crippen LogP) is 1.46. The van der Waals surface area contributed by atoms with E-state index in [4.69, 9.17) is 5.21 Å². The molecule has 2 heterocycles. The summed E-state index contributed by atoms with van der Waals surface area (Å²) in [7, 11) is 0. The van der Waals surface area contributed by atoms with Crippen LogP contribution in [-0.4, -0.2) is 31.3 Å². The Hall–Kier alpha value is -2.21. The van der Waals surface area contributed by atoms with Gasteiger partial charge in [0.05, 0.1) is 0 Å². The van der Waals surface area contributed by atoms with E-state index in [-0.39, 0.29) is 5.48 Å². The topological polar surface area (TPSA) is 106 Å². The molecule has 0 unspecified atom stereocenters. The fourth-order valence-corrected chi connectivity index (χ4v) is 1.73. The zero-order valence-electron chi connectivity index (χ0n) is 10.5. The maximum absolute atomic E-state index is 8.77. The van der Waals surface area contributed by atoms with Crippen LogP contribution in [0, 0.1) is 13.8 Å². The molecule has 2 rings (SSSR count). The Morgan fingerprint density at radius 1 is 1.39 bits per heavy atom. The first-order valence-corrected chi connectivity index (χ1v) is 5.30. The van der Waals surface area contributed by atoms with Crippen LogP contribution in [0.15, 0.2) is 23.6 Å². The van der Waals surface area contributed by atoms with Crippen molar-refractivity contribution < 1.29 is 10.7 Å². The monoisotopic (exact) mass is 248 g/mol. The first-order valence-electron chi connectivity index (χ1n) is 5.30. The Labute approximate surface area is 105 Å². The second-order valence-electron chi connectivity index (χ2n) is 3.94. The largest absolute Gasteiger partial charge is 0.412 e. The molecule has 0 fully saturated rings. The molecular formula is C12H16N4O2. The Morgan fingerprint density at radius 2 is 2.11 bits per heavy atom. The number of pyridine rings is 1. The van der Waals surface area contributed by atoms with Crippen molar-refractivity contribution in [3.63, 3.8) is 0 Å². The normalized spacial score (nSPS) is 11.2. The average Bonchev–Trinajstić information content (AvgIpc) is 2.71. The van der Waals surface area contributed by atoms with E-state index < -0.39 is 0 Å². The zero-order chi connectivity index (χ0) is 12.4. The highest BCUT2D eigenvalue weighted by Gasteiger charge is 2.12. The first kappa shape index (κ1) is 13.9. The number of rotatable bonds is 2. The van der Waals surface area contributed by atoms with Crippen molar-refractivity contribution in [2.75, 3.05) is 0 Å². The molecule has 2 aromatic heterocycles. The van der Waals surface area contributed by atoms with Crippen molar-refractivity contribution in [1.29, 1.82) is 0 Å². The van der Waals surface area contributed by atoms with Crippen molar-refractivity contribution in [3.8, 4) is 11.4 Å². The molecule has 18 heavy (non-hydrogen) atoms. The third kappa shape index (κ3) is 2.38. The van der Waals surface area contributed by atoms with Crippen LogP contribution in [0.5, 0.6) is 0 Å². The lowest BCUT2D eigenvalue weighted by molar-refractivity contribution is 0.319. The number of nitrogens with zero attached hydrogens (tertiary/aromatic N) is 3. The van der Waals surface area contributed by atoms with Crippen LogP contribution in [0.4, 0.5) is 0 Å². The summed E-state index contributed by atoms with van der Waals surface area (Å²) in [5.41, 5.74) is 4.11. The summed E-state index contributed by atoms with van der Waals surface area (Å²) in [6.45, 7) is 5.59. The number of imidazole rings is 1. The van der Waals surface area contributed by atoms with Crippen LogP contribution in [-0.2, 0) is 0 Å². The predicted molar refractivity (Wildman–Crippen MR) is 68.9 cm³/mol. The first-order chi connectivity index (χ1) is 8.13. The van der Waals surface area contributed by atoms with Gasteiger partial charge in [-0.1, -0.05) is 5.16 Å². The highest BCUT2D eigenvalue weighted by molar-refractivity contribution is 5.98. The van der Waals surface area contributed by atoms with Crippen LogP contribution in [0.1, 0.15) is 23.9 Å². The molecule has 0 aromatic carbocycles. The van der Waals surface area contributed by atoms with Gasteiger partial charge in [-0.2, -0.15) is 0 Å². The molecule has 6 heteroatoms. The van der Waals surface area contributed by atoms with E-state index in [0.29, 0.717) is 11.4 Å². The van der Waals surface area contributed by atoms with E-state index in [1.54, 1.807) is 19.3 Å². The van der Waals surface area contributed by atoms with Gasteiger partial charge in [-0.3, -0.25) is 4.98 Å². The van der Waals surface area contributed by atoms with E-state index in [2.05, 4.69) is 20.1 Å². The average molecular weight is 248 g/mol. The van der Waals surface area contributed by atoms with Crippen molar-refractivity contribution in [3.05, 3.63) is 35.4 Å². The summed E-state index contributed by atoms with van der Waals surface area (Å²) in [6.07, 6.45) is 3.52. The third-order valence-corrected chi connectivity index (χ3v) is 2.65. The molecule has 4 N–H and O–H groups in total. The number of hydrogen-bond acceptors (Lipinski definition) is 4. The minimum absolute atomic E-state index is 0. The van der Waals surface area contributed by atoms with Gasteiger partial charge in [0.1, 0.15) is 17.2 Å². The Kier molecular flexibility index (Phi) is 4.17. The molecule has 0 saturated heterocycles. The lowest BCUT2D eigenvalue weighted by Gasteiger charge is -1.99. The van der Waals surface area contributed by atoms with Gasteiger partial charge < -0.3 is 15.7 Å². The summed E-state index contributed by atoms with van der Waals surface area (Å²) in [6, 6.07) is 1.91. The van der Waals surface area contributed by atoms with E-state index in [1.165, 1.54) is 0 Å². The van der Waals surface area contributed by atoms with Gasteiger partial charge >= 0.3 is 0 Å². The van der Waals surface area contributed by atoms with Gasteiger partial charge in [0, 0.05) is 23.7 Å². The lowest BCUT2D eigenvalue weighted by Crippen LogP contribution is -1.97. The van der Waals surface area contributed by atoms with E-state index in [1.807, 2.05) is 19.9 Å². The molecule has 0 saturated carbocycles. The maximum Gasteiger partial charge on any atom is 0.138 e. The summed E-state index contributed by atoms with van der Waals surface area (Å²) < 4.78 is 0. The van der Waals surface area contributed by atoms with Crippen LogP contribution in [0.2, 0.25) is 0 Å². The molecular weight excluding hydrogens is 232 g/mol. The van der Waals surface area contributed by atoms with Crippen molar-refractivity contribution in [2.24, 2.45) is 5.16 Å². The smallest absolute Gasteiger partial charge is 0.138 e. The molecule has 0 aliphatic rings. The SMILES string of the molecule is CC(=NO)c1nc(-c2ccncc2C)[nH]c1C.O. The number of aryl methyl sites for hydroxylation is 2. The number of H-pyrrole nitrogens is 1. The van der Waals surface area contributed by atoms with Crippen molar-refractivity contribution in [1.82, 2.24) is 15.0 Å². The molecule has 2 aromatic rings. The van der Waals surface area contributed by atoms with E-state index in [0.717, 1.165) is 22.6 Å². The van der Waals surface area contributed by atoms with E-state index in [9.17, 15) is 0 Å². The Morgan fingerprint density at radius 3 is 2.72 bits per heavy atom. The Bertz CT molecular complexity index is 575. The zero-order valence-corrected chi connectivity index (χ0v) is 10.5. The van der Waals surface area contributed by atoms with Crippen molar-refractivity contribution in [2.45, 2.75) is 20.8 Å². The summed E-state index contributed by atoms with van der Waals surface area (Å²) in [4.78, 5) is 11.7. The van der Waals surface area contributed by atoms with Crippen LogP contribution >= 0.6 is 0 Å². The van der Waals surface area contributed by atoms with Gasteiger partial charge in [-0.25, -0.2) is 4.98 Å². The molecule has 0 spiro atoms. The van der Waals surface area contributed by atoms with Gasteiger partial charge in [0.2, 0.25) is 0 Å². The molecule has 0 bridgehead atoms. The number of aromatic nitrogens is 3. The van der Waals surface area contributed by atoms with Gasteiger partial charge in [0.25, 0.3) is 0 Å². The second kappa shape index (κ2) is 5.42. The fourth-order valence-electron chi connectivity index (χ4n) is 1.73. The maximum atomic E-state index is 8.77. The molecule has 6 nitrogen and oxygen atoms in total. The summed E-state index contributed by atoms with van der Waals surface area (Å²) in [5, 5.41) is 11.9.